The molecule has 1 aromatic heterocycles. The fourth-order valence-electron chi connectivity index (χ4n) is 3.66. The van der Waals surface area contributed by atoms with E-state index in [1.807, 2.05) is 0 Å². The van der Waals surface area contributed by atoms with E-state index in [4.69, 9.17) is 11.5 Å². The molecule has 1 fully saturated rings. The Morgan fingerprint density at radius 1 is 1.19 bits per heavy atom. The zero-order valence-corrected chi connectivity index (χ0v) is 17.4. The fourth-order valence-corrected chi connectivity index (χ4v) is 4.32. The highest BCUT2D eigenvalue weighted by Crippen LogP contribution is 2.38. The third kappa shape index (κ3) is 6.44. The minimum atomic E-state index is -4.42. The second kappa shape index (κ2) is 9.69. The summed E-state index contributed by atoms with van der Waals surface area (Å²) in [6, 6.07) is 6.23. The van der Waals surface area contributed by atoms with E-state index in [9.17, 15) is 23.3 Å². The first-order valence-corrected chi connectivity index (χ1v) is 10.6. The summed E-state index contributed by atoms with van der Waals surface area (Å²) < 4.78 is 38.4. The van der Waals surface area contributed by atoms with E-state index in [1.165, 1.54) is 12.1 Å². The molecule has 5 N–H and O–H groups in total. The van der Waals surface area contributed by atoms with Gasteiger partial charge in [0.1, 0.15) is 5.69 Å². The van der Waals surface area contributed by atoms with Crippen LogP contribution in [0.2, 0.25) is 0 Å². The Hall–Kier alpha value is -2.60. The Kier molecular flexibility index (Phi) is 7.21. The monoisotopic (exact) mass is 456 g/mol. The molecule has 0 bridgehead atoms. The van der Waals surface area contributed by atoms with Crippen LogP contribution in [0.3, 0.4) is 0 Å². The van der Waals surface area contributed by atoms with E-state index in [0.717, 1.165) is 25.7 Å². The van der Waals surface area contributed by atoms with Crippen molar-refractivity contribution in [2.75, 3.05) is 11.1 Å². The number of anilines is 2. The summed E-state index contributed by atoms with van der Waals surface area (Å²) >= 11 is -0.206. The third-order valence-corrected chi connectivity index (χ3v) is 6.02. The molecule has 0 amide bonds. The summed E-state index contributed by atoms with van der Waals surface area (Å²) in [6.45, 7) is 0.00816. The van der Waals surface area contributed by atoms with Crippen molar-refractivity contribution in [2.45, 2.75) is 55.1 Å². The topological polar surface area (TPSA) is 133 Å². The van der Waals surface area contributed by atoms with E-state index >= 15 is 0 Å². The van der Waals surface area contributed by atoms with E-state index in [1.54, 1.807) is 12.1 Å². The van der Waals surface area contributed by atoms with Crippen molar-refractivity contribution in [3.8, 4) is 0 Å². The molecule has 8 nitrogen and oxygen atoms in total. The van der Waals surface area contributed by atoms with Crippen LogP contribution in [0, 0.1) is 16.0 Å². The predicted molar refractivity (Wildman–Crippen MR) is 112 cm³/mol. The number of aromatic nitrogens is 2. The van der Waals surface area contributed by atoms with Gasteiger partial charge in [0, 0.05) is 17.5 Å². The molecule has 1 saturated carbocycles. The number of thioether (sulfide) groups is 1. The Bertz CT molecular complexity index is 935. The Morgan fingerprint density at radius 2 is 1.87 bits per heavy atom. The normalized spacial score (nSPS) is 19.2. The maximum absolute atomic E-state index is 12.8. The lowest BCUT2D eigenvalue weighted by molar-refractivity contribution is -0.385. The van der Waals surface area contributed by atoms with Gasteiger partial charge in [0.2, 0.25) is 11.8 Å². The number of nitrogen functional groups attached to an aromatic ring is 1. The van der Waals surface area contributed by atoms with E-state index in [0.29, 0.717) is 12.0 Å². The Morgan fingerprint density at radius 3 is 2.52 bits per heavy atom. The zero-order valence-electron chi connectivity index (χ0n) is 16.6. The number of hydrogen-bond donors (Lipinski definition) is 3. The lowest BCUT2D eigenvalue weighted by atomic mass is 9.83. The average Bonchev–Trinajstić information content (AvgIpc) is 2.67. The minimum Gasteiger partial charge on any atom is -0.378 e. The molecule has 0 atom stereocenters. The van der Waals surface area contributed by atoms with Crippen molar-refractivity contribution < 1.29 is 18.1 Å². The van der Waals surface area contributed by atoms with Crippen molar-refractivity contribution in [3.05, 3.63) is 45.6 Å². The second-order valence-electron chi connectivity index (χ2n) is 7.48. The van der Waals surface area contributed by atoms with Gasteiger partial charge in [0.15, 0.2) is 0 Å². The van der Waals surface area contributed by atoms with Gasteiger partial charge >= 0.3 is 11.2 Å². The molecule has 0 unspecified atom stereocenters. The lowest BCUT2D eigenvalue weighted by Gasteiger charge is -2.25. The molecule has 31 heavy (non-hydrogen) atoms. The highest BCUT2D eigenvalue weighted by atomic mass is 32.2. The molecular weight excluding hydrogens is 433 g/mol. The maximum Gasteiger partial charge on any atom is 0.446 e. The van der Waals surface area contributed by atoms with Crippen molar-refractivity contribution in [3.63, 3.8) is 0 Å². The smallest absolute Gasteiger partial charge is 0.378 e. The number of nitro groups is 1. The van der Waals surface area contributed by atoms with Crippen LogP contribution in [-0.4, -0.2) is 26.4 Å². The van der Waals surface area contributed by atoms with Crippen LogP contribution in [0.1, 0.15) is 36.9 Å². The molecule has 0 saturated heterocycles. The van der Waals surface area contributed by atoms with Gasteiger partial charge in [-0.3, -0.25) is 10.1 Å². The van der Waals surface area contributed by atoms with Crippen LogP contribution < -0.4 is 16.8 Å². The molecule has 2 aromatic rings. The molecule has 168 valence electrons. The summed E-state index contributed by atoms with van der Waals surface area (Å²) in [5.41, 5.74) is 7.63. The van der Waals surface area contributed by atoms with Gasteiger partial charge in [-0.1, -0.05) is 18.2 Å². The summed E-state index contributed by atoms with van der Waals surface area (Å²) in [5, 5.41) is 14.4. The maximum atomic E-state index is 12.8. The van der Waals surface area contributed by atoms with Crippen LogP contribution in [0.5, 0.6) is 0 Å². The van der Waals surface area contributed by atoms with E-state index in [2.05, 4.69) is 15.3 Å². The number of nitrogens with zero attached hydrogens (tertiary/aromatic N) is 3. The van der Waals surface area contributed by atoms with Crippen molar-refractivity contribution in [2.24, 2.45) is 11.7 Å². The van der Waals surface area contributed by atoms with Gasteiger partial charge in [-0.15, -0.1) is 0 Å². The van der Waals surface area contributed by atoms with Gasteiger partial charge < -0.3 is 16.8 Å². The third-order valence-electron chi connectivity index (χ3n) is 5.17. The molecule has 1 aromatic carbocycles. The molecule has 1 aliphatic rings. The second-order valence-corrected chi connectivity index (χ2v) is 8.59. The SMILES string of the molecule is Nc1nc(NCc2ccccc2SC(F)(F)F)nc(CC2CCC(N)CC2)c1[N+](=O)[O-]. The highest BCUT2D eigenvalue weighted by Gasteiger charge is 2.30. The van der Waals surface area contributed by atoms with E-state index < -0.39 is 10.4 Å². The number of nitrogens with one attached hydrogen (secondary N) is 1. The van der Waals surface area contributed by atoms with Crippen molar-refractivity contribution in [1.82, 2.24) is 9.97 Å². The van der Waals surface area contributed by atoms with Crippen molar-refractivity contribution in [1.29, 1.82) is 0 Å². The number of benzene rings is 1. The molecule has 1 heterocycles. The summed E-state index contributed by atoms with van der Waals surface area (Å²) in [5.74, 6) is -0.0371. The number of halogens is 3. The summed E-state index contributed by atoms with van der Waals surface area (Å²) in [6.07, 6.45) is 3.74. The van der Waals surface area contributed by atoms with Crippen LogP contribution in [0.25, 0.3) is 0 Å². The van der Waals surface area contributed by atoms with Gasteiger partial charge in [0.05, 0.1) is 4.92 Å². The average molecular weight is 456 g/mol. The van der Waals surface area contributed by atoms with Crippen LogP contribution >= 0.6 is 11.8 Å². The lowest BCUT2D eigenvalue weighted by Crippen LogP contribution is -2.27. The van der Waals surface area contributed by atoms with Gasteiger partial charge in [-0.05, 0) is 61.4 Å². The largest absolute Gasteiger partial charge is 0.446 e. The Balaban J connectivity index is 1.79. The predicted octanol–water partition coefficient (Wildman–Crippen LogP) is 4.25. The first kappa shape index (κ1) is 23.1. The first-order chi connectivity index (χ1) is 14.6. The fraction of sp³-hybridized carbons (Fsp3) is 0.474. The standard InChI is InChI=1S/C19H23F3N6O2S/c20-19(21,22)31-15-4-2-1-3-12(15)10-25-18-26-14(16(28(29)30)17(24)27-18)9-11-5-7-13(23)8-6-11/h1-4,11,13H,5-10,23H2,(H3,24,25,26,27). The molecule has 12 heteroatoms. The van der Waals surface area contributed by atoms with E-state index in [-0.39, 0.29) is 58.3 Å². The zero-order chi connectivity index (χ0) is 22.6. The van der Waals surface area contributed by atoms with Gasteiger partial charge in [-0.2, -0.15) is 18.2 Å². The molecule has 3 rings (SSSR count). The first-order valence-electron chi connectivity index (χ1n) is 9.76. The molecular formula is C19H23F3N6O2S. The molecule has 0 spiro atoms. The van der Waals surface area contributed by atoms with Crippen molar-refractivity contribution >= 4 is 29.2 Å². The molecule has 0 radical (unpaired) electrons. The quantitative estimate of drug-likeness (QED) is 0.320. The number of rotatable bonds is 7. The summed E-state index contributed by atoms with van der Waals surface area (Å²) in [7, 11) is 0. The van der Waals surface area contributed by atoms with Gasteiger partial charge in [0.25, 0.3) is 0 Å². The van der Waals surface area contributed by atoms with Gasteiger partial charge in [-0.25, -0.2) is 4.98 Å². The van der Waals surface area contributed by atoms with Crippen LogP contribution in [0.4, 0.5) is 30.6 Å². The summed E-state index contributed by atoms with van der Waals surface area (Å²) in [4.78, 5) is 19.2. The number of hydrogen-bond acceptors (Lipinski definition) is 8. The Labute approximate surface area is 181 Å². The number of nitrogens with two attached hydrogens (primary N) is 2. The highest BCUT2D eigenvalue weighted by molar-refractivity contribution is 8.00. The molecule has 1 aliphatic carbocycles. The minimum absolute atomic E-state index is 0.00816. The van der Waals surface area contributed by atoms with Crippen LogP contribution in [-0.2, 0) is 13.0 Å². The molecule has 0 aliphatic heterocycles. The number of alkyl halides is 3. The van der Waals surface area contributed by atoms with Crippen LogP contribution in [0.15, 0.2) is 29.2 Å².